The van der Waals surface area contributed by atoms with E-state index in [0.29, 0.717) is 5.75 Å². The van der Waals surface area contributed by atoms with E-state index in [1.807, 2.05) is 25.4 Å². The maximum atomic E-state index is 13.2. The van der Waals surface area contributed by atoms with Crippen LogP contribution in [0.5, 0.6) is 0 Å². The molecule has 1 saturated heterocycles. The van der Waals surface area contributed by atoms with Gasteiger partial charge in [-0.3, -0.25) is 4.79 Å². The van der Waals surface area contributed by atoms with Gasteiger partial charge in [0.15, 0.2) is 0 Å². The van der Waals surface area contributed by atoms with Crippen molar-refractivity contribution in [3.05, 3.63) is 57.8 Å². The van der Waals surface area contributed by atoms with Gasteiger partial charge in [-0.2, -0.15) is 5.10 Å². The number of thiophene rings is 1. The first-order valence-electron chi connectivity index (χ1n) is 7.51. The molecule has 3 aromatic rings. The molecule has 0 N–H and O–H groups in total. The molecule has 1 aromatic carbocycles. The predicted octanol–water partition coefficient (Wildman–Crippen LogP) is 4.71. The monoisotopic (exact) mass is 437 g/mol. The lowest BCUT2D eigenvalue weighted by atomic mass is 10.2. The zero-order chi connectivity index (χ0) is 17.6. The molecule has 0 aliphatic carbocycles. The van der Waals surface area contributed by atoms with Gasteiger partial charge in [-0.1, -0.05) is 0 Å². The second-order valence-electron chi connectivity index (χ2n) is 5.63. The molecule has 25 heavy (non-hydrogen) atoms. The molecule has 0 radical (unpaired) electrons. The van der Waals surface area contributed by atoms with E-state index in [0.717, 1.165) is 25.6 Å². The summed E-state index contributed by atoms with van der Waals surface area (Å²) in [6.45, 7) is 0. The van der Waals surface area contributed by atoms with Crippen LogP contribution in [0.2, 0.25) is 0 Å². The molecule has 0 bridgehead atoms. The molecule has 1 fully saturated rings. The Morgan fingerprint density at radius 1 is 1.24 bits per heavy atom. The second kappa shape index (κ2) is 6.59. The molecule has 1 atom stereocenters. The Hall–Kier alpha value is -1.64. The third kappa shape index (κ3) is 3.14. The number of hydrogen-bond acceptors (Lipinski definition) is 4. The van der Waals surface area contributed by atoms with Crippen molar-refractivity contribution in [1.82, 2.24) is 14.7 Å². The molecule has 4 rings (SSSR count). The standard InChI is InChI=1S/C17H13BrFN3OS2/c1-21-15(23)9-24-17(21)12-8-22(11-4-2-10(19)3-5-11)20-16(12)13-6-7-14(18)25-13/h2-8,17H,9H2,1H3. The van der Waals surface area contributed by atoms with Crippen LogP contribution in [0.25, 0.3) is 16.3 Å². The van der Waals surface area contributed by atoms with Gasteiger partial charge in [-0.15, -0.1) is 23.1 Å². The largest absolute Gasteiger partial charge is 0.329 e. The molecule has 2 aromatic heterocycles. The Morgan fingerprint density at radius 3 is 2.60 bits per heavy atom. The first-order valence-corrected chi connectivity index (χ1v) is 10.2. The van der Waals surface area contributed by atoms with Crippen molar-refractivity contribution < 1.29 is 9.18 Å². The smallest absolute Gasteiger partial charge is 0.233 e. The maximum Gasteiger partial charge on any atom is 0.233 e. The van der Waals surface area contributed by atoms with Crippen molar-refractivity contribution in [2.45, 2.75) is 5.37 Å². The van der Waals surface area contributed by atoms with E-state index in [-0.39, 0.29) is 17.1 Å². The fourth-order valence-corrected chi connectivity index (χ4v) is 5.31. The van der Waals surface area contributed by atoms with E-state index in [1.165, 1.54) is 12.1 Å². The van der Waals surface area contributed by atoms with Gasteiger partial charge < -0.3 is 4.90 Å². The highest BCUT2D eigenvalue weighted by molar-refractivity contribution is 9.11. The number of nitrogens with zero attached hydrogens (tertiary/aromatic N) is 3. The lowest BCUT2D eigenvalue weighted by molar-refractivity contribution is -0.126. The predicted molar refractivity (Wildman–Crippen MR) is 103 cm³/mol. The van der Waals surface area contributed by atoms with Crippen LogP contribution in [0.4, 0.5) is 4.39 Å². The average Bonchev–Trinajstić information content (AvgIpc) is 3.29. The van der Waals surface area contributed by atoms with Crippen molar-refractivity contribution in [2.75, 3.05) is 12.8 Å². The molecule has 1 aliphatic heterocycles. The quantitative estimate of drug-likeness (QED) is 0.595. The highest BCUT2D eigenvalue weighted by atomic mass is 79.9. The molecule has 4 nitrogen and oxygen atoms in total. The number of hydrogen-bond donors (Lipinski definition) is 0. The minimum absolute atomic E-state index is 0.0717. The van der Waals surface area contributed by atoms with Crippen molar-refractivity contribution in [1.29, 1.82) is 0 Å². The van der Waals surface area contributed by atoms with Gasteiger partial charge in [-0.25, -0.2) is 9.07 Å². The fourth-order valence-electron chi connectivity index (χ4n) is 2.72. The van der Waals surface area contributed by atoms with Crippen LogP contribution in [-0.4, -0.2) is 33.4 Å². The first-order chi connectivity index (χ1) is 12.0. The highest BCUT2D eigenvalue weighted by Gasteiger charge is 2.33. The summed E-state index contributed by atoms with van der Waals surface area (Å²) < 4.78 is 16.0. The summed E-state index contributed by atoms with van der Waals surface area (Å²) in [5.41, 5.74) is 2.61. The molecule has 0 spiro atoms. The topological polar surface area (TPSA) is 38.1 Å². The number of halogens is 2. The Balaban J connectivity index is 1.83. The van der Waals surface area contributed by atoms with E-state index >= 15 is 0 Å². The summed E-state index contributed by atoms with van der Waals surface area (Å²) >= 11 is 6.68. The first kappa shape index (κ1) is 16.8. The Bertz CT molecular complexity index is 938. The third-order valence-corrected chi connectivity index (χ3v) is 6.95. The van der Waals surface area contributed by atoms with Gasteiger partial charge >= 0.3 is 0 Å². The molecule has 8 heteroatoms. The molecule has 1 aliphatic rings. The van der Waals surface area contributed by atoms with Crippen LogP contribution >= 0.6 is 39.0 Å². The number of thioether (sulfide) groups is 1. The Morgan fingerprint density at radius 2 is 2.00 bits per heavy atom. The molecule has 1 unspecified atom stereocenters. The van der Waals surface area contributed by atoms with E-state index in [9.17, 15) is 9.18 Å². The molecular weight excluding hydrogens is 425 g/mol. The number of rotatable bonds is 3. The van der Waals surface area contributed by atoms with E-state index in [4.69, 9.17) is 5.10 Å². The lowest BCUT2D eigenvalue weighted by Gasteiger charge is -2.18. The van der Waals surface area contributed by atoms with Crippen LogP contribution in [0.15, 0.2) is 46.4 Å². The summed E-state index contributed by atoms with van der Waals surface area (Å²) in [7, 11) is 1.82. The van der Waals surface area contributed by atoms with Gasteiger partial charge in [0.25, 0.3) is 0 Å². The van der Waals surface area contributed by atoms with E-state index < -0.39 is 0 Å². The van der Waals surface area contributed by atoms with Gasteiger partial charge in [0.2, 0.25) is 5.91 Å². The maximum absolute atomic E-state index is 13.2. The normalized spacial score (nSPS) is 17.5. The van der Waals surface area contributed by atoms with Gasteiger partial charge in [-0.05, 0) is 52.3 Å². The minimum atomic E-state index is -0.282. The average molecular weight is 438 g/mol. The molecular formula is C17H13BrFN3OS2. The van der Waals surface area contributed by atoms with E-state index in [1.54, 1.807) is 44.8 Å². The van der Waals surface area contributed by atoms with Gasteiger partial charge in [0, 0.05) is 18.8 Å². The summed E-state index contributed by atoms with van der Waals surface area (Å²) in [5, 5.41) is 4.66. The zero-order valence-corrected chi connectivity index (χ0v) is 16.4. The summed E-state index contributed by atoms with van der Waals surface area (Å²) in [4.78, 5) is 14.7. The Kier molecular flexibility index (Phi) is 4.43. The third-order valence-electron chi connectivity index (χ3n) is 4.02. The van der Waals surface area contributed by atoms with Crippen LogP contribution in [0, 0.1) is 5.82 Å². The Labute approximate surface area is 160 Å². The van der Waals surface area contributed by atoms with Gasteiger partial charge in [0.05, 0.1) is 20.1 Å². The van der Waals surface area contributed by atoms with Crippen molar-refractivity contribution in [2.24, 2.45) is 0 Å². The van der Waals surface area contributed by atoms with Crippen LogP contribution in [0.1, 0.15) is 10.9 Å². The highest BCUT2D eigenvalue weighted by Crippen LogP contribution is 2.43. The zero-order valence-electron chi connectivity index (χ0n) is 13.1. The minimum Gasteiger partial charge on any atom is -0.329 e. The van der Waals surface area contributed by atoms with Gasteiger partial charge in [0.1, 0.15) is 16.9 Å². The summed E-state index contributed by atoms with van der Waals surface area (Å²) in [6, 6.07) is 10.2. The van der Waals surface area contributed by atoms with Crippen molar-refractivity contribution in [3.8, 4) is 16.3 Å². The molecule has 1 amide bonds. The summed E-state index contributed by atoms with van der Waals surface area (Å²) in [6.07, 6.45) is 1.93. The van der Waals surface area contributed by atoms with Crippen LogP contribution in [-0.2, 0) is 4.79 Å². The summed E-state index contributed by atoms with van der Waals surface area (Å²) in [5.74, 6) is 0.300. The van der Waals surface area contributed by atoms with Crippen molar-refractivity contribution in [3.63, 3.8) is 0 Å². The lowest BCUT2D eigenvalue weighted by Crippen LogP contribution is -2.23. The second-order valence-corrected chi connectivity index (χ2v) is 9.16. The molecule has 3 heterocycles. The number of carbonyl (C=O) groups is 1. The number of aromatic nitrogens is 2. The molecule has 128 valence electrons. The van der Waals surface area contributed by atoms with Crippen molar-refractivity contribution >= 4 is 44.9 Å². The number of benzene rings is 1. The SMILES string of the molecule is CN1C(=O)CSC1c1cn(-c2ccc(F)cc2)nc1-c1ccc(Br)s1. The number of carbonyl (C=O) groups excluding carboxylic acids is 1. The van der Waals surface area contributed by atoms with E-state index in [2.05, 4.69) is 15.9 Å². The number of amides is 1. The van der Waals surface area contributed by atoms with Crippen LogP contribution in [0.3, 0.4) is 0 Å². The fraction of sp³-hybridized carbons (Fsp3) is 0.176. The van der Waals surface area contributed by atoms with Crippen LogP contribution < -0.4 is 0 Å². The molecule has 0 saturated carbocycles.